The van der Waals surface area contributed by atoms with E-state index in [0.29, 0.717) is 29.8 Å². The lowest BCUT2D eigenvalue weighted by atomic mass is 9.97. The highest BCUT2D eigenvalue weighted by molar-refractivity contribution is 6.29. The normalized spacial score (nSPS) is 29.4. The number of amides is 1. The Morgan fingerprint density at radius 3 is 3.11 bits per heavy atom. The molecule has 0 saturated heterocycles. The summed E-state index contributed by atoms with van der Waals surface area (Å²) >= 11 is 5.67. The van der Waals surface area contributed by atoms with Gasteiger partial charge in [0.1, 0.15) is 5.76 Å². The molecule has 0 bridgehead atoms. The van der Waals surface area contributed by atoms with Gasteiger partial charge in [-0.05, 0) is 31.1 Å². The van der Waals surface area contributed by atoms with E-state index in [0.717, 1.165) is 18.3 Å². The smallest absolute Gasteiger partial charge is 0.220 e. The van der Waals surface area contributed by atoms with Crippen molar-refractivity contribution in [2.24, 2.45) is 11.8 Å². The summed E-state index contributed by atoms with van der Waals surface area (Å²) < 4.78 is 4.99. The predicted molar refractivity (Wildman–Crippen MR) is 71.8 cm³/mol. The fraction of sp³-hybridized carbons (Fsp3) is 0.714. The highest BCUT2D eigenvalue weighted by atomic mass is 35.5. The van der Waals surface area contributed by atoms with Gasteiger partial charge in [0.25, 0.3) is 0 Å². The third kappa shape index (κ3) is 2.94. The Labute approximate surface area is 117 Å². The average Bonchev–Trinajstić information content (AvgIpc) is 3.05. The number of hydrogen-bond donors (Lipinski definition) is 1. The van der Waals surface area contributed by atoms with Gasteiger partial charge < -0.3 is 9.84 Å². The Hall–Kier alpha value is -1.03. The number of hydrogen-bond acceptors (Lipinski definition) is 3. The minimum Gasteiger partial charge on any atom is -0.360 e. The van der Waals surface area contributed by atoms with Crippen LogP contribution < -0.4 is 5.32 Å². The summed E-state index contributed by atoms with van der Waals surface area (Å²) in [7, 11) is 0. The Kier molecular flexibility index (Phi) is 3.78. The molecule has 0 aromatic carbocycles. The Morgan fingerprint density at radius 2 is 2.32 bits per heavy atom. The molecule has 2 aliphatic rings. The van der Waals surface area contributed by atoms with Crippen LogP contribution in [-0.4, -0.2) is 17.1 Å². The van der Waals surface area contributed by atoms with Gasteiger partial charge in [0, 0.05) is 24.9 Å². The van der Waals surface area contributed by atoms with Crippen LogP contribution in [0.25, 0.3) is 0 Å². The maximum Gasteiger partial charge on any atom is 0.220 e. The fourth-order valence-electron chi connectivity index (χ4n) is 3.66. The van der Waals surface area contributed by atoms with Gasteiger partial charge in [-0.2, -0.15) is 0 Å². The summed E-state index contributed by atoms with van der Waals surface area (Å²) in [4.78, 5) is 12.0. The molecule has 0 unspecified atom stereocenters. The molecule has 5 heteroatoms. The Bertz CT molecular complexity index is 460. The highest BCUT2D eigenvalue weighted by Gasteiger charge is 2.39. The first-order valence-corrected chi connectivity index (χ1v) is 7.50. The number of carbonyl (C=O) groups is 1. The molecule has 19 heavy (non-hydrogen) atoms. The molecule has 0 radical (unpaired) electrons. The first-order chi connectivity index (χ1) is 9.22. The fourth-order valence-corrected chi connectivity index (χ4v) is 3.82. The lowest BCUT2D eigenvalue weighted by Crippen LogP contribution is -2.37. The maximum absolute atomic E-state index is 12.0. The van der Waals surface area contributed by atoms with E-state index in [1.54, 1.807) is 6.07 Å². The zero-order valence-corrected chi connectivity index (χ0v) is 11.7. The van der Waals surface area contributed by atoms with E-state index in [4.69, 9.17) is 16.1 Å². The second-order valence-corrected chi connectivity index (χ2v) is 6.11. The van der Waals surface area contributed by atoms with Crippen molar-refractivity contribution in [1.29, 1.82) is 0 Å². The van der Waals surface area contributed by atoms with Crippen LogP contribution in [0.3, 0.4) is 0 Å². The molecule has 4 nitrogen and oxygen atoms in total. The molecule has 2 saturated carbocycles. The summed E-state index contributed by atoms with van der Waals surface area (Å²) in [6.07, 6.45) is 7.41. The van der Waals surface area contributed by atoms with E-state index in [1.807, 2.05) is 0 Å². The molecule has 2 aliphatic carbocycles. The second-order valence-electron chi connectivity index (χ2n) is 5.72. The Morgan fingerprint density at radius 1 is 1.42 bits per heavy atom. The lowest BCUT2D eigenvalue weighted by molar-refractivity contribution is -0.122. The molecule has 3 atom stereocenters. The number of rotatable bonds is 4. The Balaban J connectivity index is 1.46. The van der Waals surface area contributed by atoms with Crippen molar-refractivity contribution in [3.8, 4) is 0 Å². The molecule has 1 amide bonds. The van der Waals surface area contributed by atoms with Crippen molar-refractivity contribution in [3.05, 3.63) is 17.0 Å². The van der Waals surface area contributed by atoms with Crippen LogP contribution in [0.5, 0.6) is 0 Å². The summed E-state index contributed by atoms with van der Waals surface area (Å²) in [5.74, 6) is 2.37. The third-order valence-corrected chi connectivity index (χ3v) is 4.74. The van der Waals surface area contributed by atoms with Crippen molar-refractivity contribution >= 4 is 17.5 Å². The molecular weight excluding hydrogens is 264 g/mol. The quantitative estimate of drug-likeness (QED) is 0.924. The molecule has 104 valence electrons. The van der Waals surface area contributed by atoms with Gasteiger partial charge in [-0.25, -0.2) is 0 Å². The van der Waals surface area contributed by atoms with Crippen molar-refractivity contribution in [2.45, 2.75) is 51.0 Å². The van der Waals surface area contributed by atoms with E-state index in [2.05, 4.69) is 10.5 Å². The number of carbonyl (C=O) groups excluding carboxylic acids is 1. The van der Waals surface area contributed by atoms with Crippen LogP contribution in [0, 0.1) is 11.8 Å². The van der Waals surface area contributed by atoms with Gasteiger partial charge in [-0.15, -0.1) is 0 Å². The SMILES string of the molecule is O=C(CCc1cc(Cl)no1)N[C@H]1CC[C@@H]2CCC[C@@H]21. The van der Waals surface area contributed by atoms with Gasteiger partial charge in [-0.3, -0.25) is 4.79 Å². The van der Waals surface area contributed by atoms with E-state index in [9.17, 15) is 4.79 Å². The first-order valence-electron chi connectivity index (χ1n) is 7.13. The molecule has 1 heterocycles. The maximum atomic E-state index is 12.0. The van der Waals surface area contributed by atoms with E-state index in [-0.39, 0.29) is 5.91 Å². The van der Waals surface area contributed by atoms with Gasteiger partial charge in [0.15, 0.2) is 5.15 Å². The van der Waals surface area contributed by atoms with Crippen LogP contribution in [0.4, 0.5) is 0 Å². The van der Waals surface area contributed by atoms with Gasteiger partial charge in [0.2, 0.25) is 5.91 Å². The molecule has 0 spiro atoms. The monoisotopic (exact) mass is 282 g/mol. The lowest BCUT2D eigenvalue weighted by Gasteiger charge is -2.19. The molecule has 1 N–H and O–H groups in total. The number of aryl methyl sites for hydroxylation is 1. The van der Waals surface area contributed by atoms with Crippen molar-refractivity contribution < 1.29 is 9.32 Å². The number of nitrogens with one attached hydrogen (secondary N) is 1. The van der Waals surface area contributed by atoms with Crippen LogP contribution in [0.2, 0.25) is 5.15 Å². The van der Waals surface area contributed by atoms with Gasteiger partial charge in [-0.1, -0.05) is 29.6 Å². The molecule has 0 aliphatic heterocycles. The summed E-state index contributed by atoms with van der Waals surface area (Å²) in [6.45, 7) is 0. The number of fused-ring (bicyclic) bond motifs is 1. The molecule has 2 fully saturated rings. The van der Waals surface area contributed by atoms with Crippen molar-refractivity contribution in [1.82, 2.24) is 10.5 Å². The number of aromatic nitrogens is 1. The van der Waals surface area contributed by atoms with Crippen molar-refractivity contribution in [3.63, 3.8) is 0 Å². The van der Waals surface area contributed by atoms with Crippen LogP contribution >= 0.6 is 11.6 Å². The topological polar surface area (TPSA) is 55.1 Å². The molecule has 3 rings (SSSR count). The predicted octanol–water partition coefficient (Wildman–Crippen LogP) is 2.96. The average molecular weight is 283 g/mol. The van der Waals surface area contributed by atoms with E-state index < -0.39 is 0 Å². The zero-order chi connectivity index (χ0) is 13.2. The largest absolute Gasteiger partial charge is 0.360 e. The minimum absolute atomic E-state index is 0.116. The standard InChI is InChI=1S/C14H19ClN2O2/c15-13-8-10(19-17-13)5-7-14(18)16-12-6-4-9-2-1-3-11(9)12/h8-9,11-12H,1-7H2,(H,16,18)/t9-,11-,12-/m0/s1. The zero-order valence-electron chi connectivity index (χ0n) is 10.9. The molecular formula is C14H19ClN2O2. The van der Waals surface area contributed by atoms with E-state index >= 15 is 0 Å². The van der Waals surface area contributed by atoms with Crippen LogP contribution in [0.1, 0.15) is 44.3 Å². The van der Waals surface area contributed by atoms with Crippen molar-refractivity contribution in [2.75, 3.05) is 0 Å². The molecule has 1 aromatic heterocycles. The minimum atomic E-state index is 0.116. The number of nitrogens with zero attached hydrogens (tertiary/aromatic N) is 1. The third-order valence-electron chi connectivity index (χ3n) is 4.56. The summed E-state index contributed by atoms with van der Waals surface area (Å²) in [5, 5.41) is 7.14. The molecule has 1 aromatic rings. The van der Waals surface area contributed by atoms with Gasteiger partial charge in [0.05, 0.1) is 0 Å². The highest BCUT2D eigenvalue weighted by Crippen LogP contribution is 2.43. The second kappa shape index (κ2) is 5.53. The number of halogens is 1. The summed E-state index contributed by atoms with van der Waals surface area (Å²) in [5.41, 5.74) is 0. The van der Waals surface area contributed by atoms with Crippen LogP contribution in [0.15, 0.2) is 10.6 Å². The van der Waals surface area contributed by atoms with Gasteiger partial charge >= 0.3 is 0 Å². The van der Waals surface area contributed by atoms with E-state index in [1.165, 1.54) is 25.7 Å². The summed E-state index contributed by atoms with van der Waals surface area (Å²) in [6, 6.07) is 2.07. The van der Waals surface area contributed by atoms with Crippen LogP contribution in [-0.2, 0) is 11.2 Å². The first kappa shape index (κ1) is 13.0.